The summed E-state index contributed by atoms with van der Waals surface area (Å²) in [6.07, 6.45) is 0.161. The van der Waals surface area contributed by atoms with Gasteiger partial charge in [0.05, 0.1) is 15.5 Å². The lowest BCUT2D eigenvalue weighted by molar-refractivity contribution is -0.385. The number of hydrogen-bond donors (Lipinski definition) is 1. The lowest BCUT2D eigenvalue weighted by atomic mass is 10.2. The van der Waals surface area contributed by atoms with E-state index in [0.29, 0.717) is 16.8 Å². The zero-order chi connectivity index (χ0) is 13.8. The molecule has 6 nitrogen and oxygen atoms in total. The molecule has 1 aromatic carbocycles. The van der Waals surface area contributed by atoms with E-state index in [1.54, 1.807) is 6.07 Å². The van der Waals surface area contributed by atoms with Crippen molar-refractivity contribution in [1.29, 1.82) is 0 Å². The van der Waals surface area contributed by atoms with Gasteiger partial charge in [0.2, 0.25) is 0 Å². The first-order chi connectivity index (χ1) is 9.06. The third-order valence-corrected chi connectivity index (χ3v) is 3.40. The van der Waals surface area contributed by atoms with Crippen LogP contribution in [0.1, 0.15) is 6.92 Å². The van der Waals surface area contributed by atoms with Crippen LogP contribution in [0, 0.1) is 10.1 Å². The number of nitrogens with one attached hydrogen (secondary N) is 1. The second-order valence-electron chi connectivity index (χ2n) is 4.41. The monoisotopic (exact) mass is 330 g/mol. The number of rotatable bonds is 4. The Balaban J connectivity index is 1.94. The van der Waals surface area contributed by atoms with Crippen LogP contribution in [0.15, 0.2) is 22.7 Å². The highest BCUT2D eigenvalue weighted by molar-refractivity contribution is 9.10. The molecule has 1 heterocycles. The van der Waals surface area contributed by atoms with Gasteiger partial charge in [-0.1, -0.05) is 0 Å². The molecule has 1 N–H and O–H groups in total. The van der Waals surface area contributed by atoms with E-state index in [2.05, 4.69) is 21.2 Å². The van der Waals surface area contributed by atoms with Crippen LogP contribution in [0.3, 0.4) is 0 Å². The summed E-state index contributed by atoms with van der Waals surface area (Å²) in [5.74, 6) is 0.576. The summed E-state index contributed by atoms with van der Waals surface area (Å²) in [6.45, 7) is 4.00. The van der Waals surface area contributed by atoms with Gasteiger partial charge in [-0.3, -0.25) is 10.1 Å². The fourth-order valence-corrected chi connectivity index (χ4v) is 2.35. The summed E-state index contributed by atoms with van der Waals surface area (Å²) < 4.78 is 11.9. The molecule has 19 heavy (non-hydrogen) atoms. The van der Waals surface area contributed by atoms with Crippen LogP contribution >= 0.6 is 15.9 Å². The van der Waals surface area contributed by atoms with Crippen molar-refractivity contribution in [3.8, 4) is 5.75 Å². The van der Waals surface area contributed by atoms with Crippen LogP contribution in [0.4, 0.5) is 5.69 Å². The zero-order valence-electron chi connectivity index (χ0n) is 10.5. The fourth-order valence-electron chi connectivity index (χ4n) is 1.87. The van der Waals surface area contributed by atoms with Gasteiger partial charge >= 0.3 is 0 Å². The van der Waals surface area contributed by atoms with Crippen molar-refractivity contribution in [2.24, 2.45) is 0 Å². The Bertz CT molecular complexity index is 469. The highest BCUT2D eigenvalue weighted by atomic mass is 79.9. The molecule has 7 heteroatoms. The van der Waals surface area contributed by atoms with Crippen LogP contribution in [0.25, 0.3) is 0 Å². The molecule has 104 valence electrons. The predicted molar refractivity (Wildman–Crippen MR) is 73.5 cm³/mol. The minimum atomic E-state index is -0.440. The standard InChI is InChI=1S/C12H15BrN2O4/c1-8-5-14-6-10(19-8)7-18-12-3-2-9(15(16)17)4-11(12)13/h2-4,8,10,14H,5-7H2,1H3. The van der Waals surface area contributed by atoms with Gasteiger partial charge in [0.1, 0.15) is 18.5 Å². The van der Waals surface area contributed by atoms with E-state index >= 15 is 0 Å². The Hall–Kier alpha value is -1.18. The number of hydrogen-bond acceptors (Lipinski definition) is 5. The predicted octanol–water partition coefficient (Wildman–Crippen LogP) is 2.11. The first-order valence-corrected chi connectivity index (χ1v) is 6.78. The largest absolute Gasteiger partial charge is 0.490 e. The molecule has 2 atom stereocenters. The van der Waals surface area contributed by atoms with Gasteiger partial charge < -0.3 is 14.8 Å². The molecular weight excluding hydrogens is 316 g/mol. The van der Waals surface area contributed by atoms with Gasteiger partial charge in [0.15, 0.2) is 0 Å². The van der Waals surface area contributed by atoms with Crippen molar-refractivity contribution >= 4 is 21.6 Å². The third-order valence-electron chi connectivity index (χ3n) is 2.78. The highest BCUT2D eigenvalue weighted by Gasteiger charge is 2.20. The maximum absolute atomic E-state index is 10.6. The average molecular weight is 331 g/mol. The van der Waals surface area contributed by atoms with E-state index in [0.717, 1.165) is 13.1 Å². The second-order valence-corrected chi connectivity index (χ2v) is 5.26. The topological polar surface area (TPSA) is 73.6 Å². The van der Waals surface area contributed by atoms with E-state index < -0.39 is 4.92 Å². The number of nitrogens with zero attached hydrogens (tertiary/aromatic N) is 1. The summed E-state index contributed by atoms with van der Waals surface area (Å²) in [5.41, 5.74) is 0.0310. The number of nitro groups is 1. The molecule has 1 fully saturated rings. The van der Waals surface area contributed by atoms with Crippen molar-refractivity contribution in [2.75, 3.05) is 19.7 Å². The van der Waals surface area contributed by atoms with Crippen molar-refractivity contribution in [3.05, 3.63) is 32.8 Å². The minimum absolute atomic E-state index is 0.00848. The van der Waals surface area contributed by atoms with Gasteiger partial charge in [-0.05, 0) is 28.9 Å². The first-order valence-electron chi connectivity index (χ1n) is 5.99. The van der Waals surface area contributed by atoms with E-state index in [1.165, 1.54) is 12.1 Å². The van der Waals surface area contributed by atoms with Gasteiger partial charge in [0.25, 0.3) is 5.69 Å². The number of benzene rings is 1. The Kier molecular flexibility index (Phi) is 4.73. The number of non-ortho nitro benzene ring substituents is 1. The molecule has 1 saturated heterocycles. The molecule has 0 bridgehead atoms. The lowest BCUT2D eigenvalue weighted by Crippen LogP contribution is -2.45. The molecule has 1 aromatic rings. The van der Waals surface area contributed by atoms with Gasteiger partial charge in [0, 0.05) is 25.2 Å². The normalized spacial score (nSPS) is 23.1. The van der Waals surface area contributed by atoms with Crippen LogP contribution in [0.2, 0.25) is 0 Å². The van der Waals surface area contributed by atoms with E-state index in [9.17, 15) is 10.1 Å². The molecule has 0 aliphatic carbocycles. The summed E-state index contributed by atoms with van der Waals surface area (Å²) in [6, 6.07) is 4.43. The molecule has 0 amide bonds. The number of halogens is 1. The van der Waals surface area contributed by atoms with Crippen LogP contribution < -0.4 is 10.1 Å². The number of morpholine rings is 1. The quantitative estimate of drug-likeness (QED) is 0.676. The van der Waals surface area contributed by atoms with Crippen LogP contribution in [0.5, 0.6) is 5.75 Å². The minimum Gasteiger partial charge on any atom is -0.490 e. The van der Waals surface area contributed by atoms with Gasteiger partial charge in [-0.2, -0.15) is 0 Å². The summed E-state index contributed by atoms with van der Waals surface area (Å²) in [7, 11) is 0. The Labute approximate surface area is 119 Å². The summed E-state index contributed by atoms with van der Waals surface area (Å²) >= 11 is 3.27. The molecule has 1 aliphatic heterocycles. The number of nitro benzene ring substituents is 1. The number of ether oxygens (including phenoxy) is 2. The zero-order valence-corrected chi connectivity index (χ0v) is 12.1. The highest BCUT2D eigenvalue weighted by Crippen LogP contribution is 2.29. The Morgan fingerprint density at radius 3 is 3.00 bits per heavy atom. The van der Waals surface area contributed by atoms with E-state index in [4.69, 9.17) is 9.47 Å². The van der Waals surface area contributed by atoms with Crippen LogP contribution in [-0.2, 0) is 4.74 Å². The first kappa shape index (κ1) is 14.2. The fraction of sp³-hybridized carbons (Fsp3) is 0.500. The van der Waals surface area contributed by atoms with E-state index in [-0.39, 0.29) is 17.9 Å². The van der Waals surface area contributed by atoms with Crippen molar-refractivity contribution in [2.45, 2.75) is 19.1 Å². The van der Waals surface area contributed by atoms with Gasteiger partial charge in [-0.15, -0.1) is 0 Å². The molecule has 2 unspecified atom stereocenters. The van der Waals surface area contributed by atoms with Crippen molar-refractivity contribution in [3.63, 3.8) is 0 Å². The Morgan fingerprint density at radius 1 is 1.58 bits per heavy atom. The van der Waals surface area contributed by atoms with Crippen LogP contribution in [-0.4, -0.2) is 36.8 Å². The Morgan fingerprint density at radius 2 is 2.37 bits per heavy atom. The smallest absolute Gasteiger partial charge is 0.270 e. The molecule has 0 saturated carbocycles. The van der Waals surface area contributed by atoms with E-state index in [1.807, 2.05) is 6.92 Å². The summed E-state index contributed by atoms with van der Waals surface area (Å²) in [5, 5.41) is 13.9. The lowest BCUT2D eigenvalue weighted by Gasteiger charge is -2.28. The summed E-state index contributed by atoms with van der Waals surface area (Å²) in [4.78, 5) is 10.2. The second kappa shape index (κ2) is 6.31. The maximum atomic E-state index is 10.6. The molecule has 0 radical (unpaired) electrons. The molecule has 0 spiro atoms. The van der Waals surface area contributed by atoms with Crippen molar-refractivity contribution in [1.82, 2.24) is 5.32 Å². The van der Waals surface area contributed by atoms with Gasteiger partial charge in [-0.25, -0.2) is 0 Å². The maximum Gasteiger partial charge on any atom is 0.270 e. The third kappa shape index (κ3) is 3.89. The molecule has 2 rings (SSSR count). The average Bonchev–Trinajstić information content (AvgIpc) is 2.37. The molecular formula is C12H15BrN2O4. The molecule has 1 aliphatic rings. The van der Waals surface area contributed by atoms with Crippen molar-refractivity contribution < 1.29 is 14.4 Å². The SMILES string of the molecule is CC1CNCC(COc2ccc([N+](=O)[O-])cc2Br)O1. The molecule has 0 aromatic heterocycles.